The maximum Gasteiger partial charge on any atom is 0.410 e. The zero-order valence-corrected chi connectivity index (χ0v) is 13.1. The van der Waals surface area contributed by atoms with Gasteiger partial charge in [-0.2, -0.15) is 0 Å². The van der Waals surface area contributed by atoms with Crippen molar-refractivity contribution in [1.29, 1.82) is 0 Å². The second kappa shape index (κ2) is 5.90. The molecule has 0 aromatic carbocycles. The average molecular weight is 283 g/mol. The summed E-state index contributed by atoms with van der Waals surface area (Å²) in [7, 11) is 0. The molecule has 0 radical (unpaired) electrons. The van der Waals surface area contributed by atoms with E-state index < -0.39 is 5.60 Å². The van der Waals surface area contributed by atoms with Gasteiger partial charge in [0, 0.05) is 31.2 Å². The number of nitrogens with two attached hydrogens (primary N) is 1. The van der Waals surface area contributed by atoms with Gasteiger partial charge in [-0.05, 0) is 46.5 Å². The Kier molecular flexibility index (Phi) is 4.59. The van der Waals surface area contributed by atoms with E-state index in [1.165, 1.54) is 19.3 Å². The number of nitrogens with one attached hydrogen (secondary N) is 1. The highest BCUT2D eigenvalue weighted by atomic mass is 16.6. The van der Waals surface area contributed by atoms with Crippen LogP contribution in [0.25, 0.3) is 0 Å². The zero-order chi connectivity index (χ0) is 14.8. The zero-order valence-electron chi connectivity index (χ0n) is 13.1. The van der Waals surface area contributed by atoms with Crippen LogP contribution < -0.4 is 11.1 Å². The lowest BCUT2D eigenvalue weighted by molar-refractivity contribution is 0.00923. The smallest absolute Gasteiger partial charge is 0.410 e. The molecule has 2 aliphatic rings. The molecule has 3 N–H and O–H groups in total. The Balaban J connectivity index is 1.96. The minimum atomic E-state index is -0.443. The summed E-state index contributed by atoms with van der Waals surface area (Å²) in [6, 6.07) is 0.581. The van der Waals surface area contributed by atoms with Crippen LogP contribution >= 0.6 is 0 Å². The molecule has 5 nitrogen and oxygen atoms in total. The van der Waals surface area contributed by atoms with Gasteiger partial charge in [0.1, 0.15) is 5.60 Å². The first kappa shape index (κ1) is 15.6. The molecule has 1 amide bonds. The Morgan fingerprint density at radius 3 is 2.60 bits per heavy atom. The van der Waals surface area contributed by atoms with Crippen LogP contribution in [0, 0.1) is 0 Å². The Morgan fingerprint density at radius 2 is 2.10 bits per heavy atom. The Labute approximate surface area is 122 Å². The molecule has 1 heterocycles. The quantitative estimate of drug-likeness (QED) is 0.829. The third-order valence-corrected chi connectivity index (χ3v) is 4.23. The number of rotatable bonds is 3. The molecular formula is C15H29N3O2. The van der Waals surface area contributed by atoms with E-state index in [1.54, 1.807) is 0 Å². The number of likely N-dealkylation sites (tertiary alicyclic amines) is 1. The second-order valence-corrected chi connectivity index (χ2v) is 7.26. The van der Waals surface area contributed by atoms with Crippen molar-refractivity contribution in [2.75, 3.05) is 19.6 Å². The van der Waals surface area contributed by atoms with Gasteiger partial charge in [-0.3, -0.25) is 0 Å². The molecule has 20 heavy (non-hydrogen) atoms. The third-order valence-electron chi connectivity index (χ3n) is 4.23. The first-order chi connectivity index (χ1) is 9.34. The minimum Gasteiger partial charge on any atom is -0.444 e. The summed E-state index contributed by atoms with van der Waals surface area (Å²) in [5.41, 5.74) is 5.45. The molecule has 1 saturated carbocycles. The molecular weight excluding hydrogens is 254 g/mol. The average Bonchev–Trinajstić information content (AvgIpc) is 2.32. The number of ether oxygens (including phenoxy) is 1. The summed E-state index contributed by atoms with van der Waals surface area (Å²) >= 11 is 0. The molecule has 1 aliphatic carbocycles. The Bertz CT molecular complexity index is 350. The number of piperidine rings is 1. The van der Waals surface area contributed by atoms with Crippen LogP contribution in [0.1, 0.15) is 52.9 Å². The number of nitrogens with zero attached hydrogens (tertiary/aromatic N) is 1. The van der Waals surface area contributed by atoms with Gasteiger partial charge in [0.2, 0.25) is 0 Å². The topological polar surface area (TPSA) is 67.6 Å². The van der Waals surface area contributed by atoms with Crippen LogP contribution in [-0.4, -0.2) is 47.8 Å². The number of hydrogen-bond donors (Lipinski definition) is 2. The van der Waals surface area contributed by atoms with Gasteiger partial charge in [-0.25, -0.2) is 4.79 Å². The van der Waals surface area contributed by atoms with E-state index in [1.807, 2.05) is 25.7 Å². The number of carbonyl (C=O) groups excluding carboxylic acids is 1. The van der Waals surface area contributed by atoms with E-state index in [4.69, 9.17) is 10.5 Å². The largest absolute Gasteiger partial charge is 0.444 e. The van der Waals surface area contributed by atoms with Gasteiger partial charge in [0.15, 0.2) is 0 Å². The lowest BCUT2D eigenvalue weighted by atomic mass is 9.84. The summed E-state index contributed by atoms with van der Waals surface area (Å²) in [6.07, 6.45) is 5.57. The van der Waals surface area contributed by atoms with Gasteiger partial charge in [-0.1, -0.05) is 6.42 Å². The van der Waals surface area contributed by atoms with Gasteiger partial charge < -0.3 is 20.7 Å². The van der Waals surface area contributed by atoms with E-state index in [2.05, 4.69) is 5.32 Å². The van der Waals surface area contributed by atoms with Crippen LogP contribution in [0.4, 0.5) is 4.79 Å². The molecule has 0 bridgehead atoms. The highest BCUT2D eigenvalue weighted by Crippen LogP contribution is 2.27. The molecule has 2 fully saturated rings. The normalized spacial score (nSPS) is 28.1. The molecule has 1 saturated heterocycles. The van der Waals surface area contributed by atoms with Gasteiger partial charge >= 0.3 is 6.09 Å². The molecule has 5 heteroatoms. The number of hydrogen-bond acceptors (Lipinski definition) is 4. The standard InChI is InChI=1S/C15H29N3O2/c1-14(2,3)20-13(19)18-9-5-8-15(10-16,11-18)17-12-6-4-7-12/h12,17H,4-11,16H2,1-3H3. The fourth-order valence-electron chi connectivity index (χ4n) is 2.94. The summed E-state index contributed by atoms with van der Waals surface area (Å²) in [5, 5.41) is 3.69. The Morgan fingerprint density at radius 1 is 1.40 bits per heavy atom. The maximum absolute atomic E-state index is 12.2. The van der Waals surface area contributed by atoms with Crippen LogP contribution in [0.2, 0.25) is 0 Å². The van der Waals surface area contributed by atoms with E-state index in [9.17, 15) is 4.79 Å². The van der Waals surface area contributed by atoms with Crippen molar-refractivity contribution in [3.8, 4) is 0 Å². The van der Waals surface area contributed by atoms with Gasteiger partial charge in [0.25, 0.3) is 0 Å². The maximum atomic E-state index is 12.2. The fourth-order valence-corrected chi connectivity index (χ4v) is 2.94. The van der Waals surface area contributed by atoms with E-state index in [0.29, 0.717) is 19.1 Å². The predicted octanol–water partition coefficient (Wildman–Crippen LogP) is 1.86. The number of carbonyl (C=O) groups is 1. The van der Waals surface area contributed by atoms with Crippen molar-refractivity contribution in [2.45, 2.75) is 70.1 Å². The van der Waals surface area contributed by atoms with Crippen molar-refractivity contribution in [1.82, 2.24) is 10.2 Å². The summed E-state index contributed by atoms with van der Waals surface area (Å²) in [6.45, 7) is 7.70. The van der Waals surface area contributed by atoms with E-state index >= 15 is 0 Å². The molecule has 0 aromatic heterocycles. The highest BCUT2D eigenvalue weighted by Gasteiger charge is 2.39. The Hall–Kier alpha value is -0.810. The molecule has 116 valence electrons. The first-order valence-electron chi connectivity index (χ1n) is 7.79. The van der Waals surface area contributed by atoms with Crippen molar-refractivity contribution >= 4 is 6.09 Å². The lowest BCUT2D eigenvalue weighted by Crippen LogP contribution is -2.65. The van der Waals surface area contributed by atoms with Crippen molar-refractivity contribution in [3.05, 3.63) is 0 Å². The van der Waals surface area contributed by atoms with Gasteiger partial charge in [0.05, 0.1) is 0 Å². The molecule has 0 spiro atoms. The number of amides is 1. The molecule has 0 aromatic rings. The highest BCUT2D eigenvalue weighted by molar-refractivity contribution is 5.68. The second-order valence-electron chi connectivity index (χ2n) is 7.26. The summed E-state index contributed by atoms with van der Waals surface area (Å²) in [5.74, 6) is 0. The lowest BCUT2D eigenvalue weighted by Gasteiger charge is -2.46. The van der Waals surface area contributed by atoms with Crippen molar-refractivity contribution in [3.63, 3.8) is 0 Å². The molecule has 1 unspecified atom stereocenters. The van der Waals surface area contributed by atoms with Crippen molar-refractivity contribution in [2.24, 2.45) is 5.73 Å². The third kappa shape index (κ3) is 3.85. The minimum absolute atomic E-state index is 0.125. The van der Waals surface area contributed by atoms with Crippen molar-refractivity contribution < 1.29 is 9.53 Å². The van der Waals surface area contributed by atoms with Crippen LogP contribution in [0.15, 0.2) is 0 Å². The first-order valence-corrected chi connectivity index (χ1v) is 7.79. The molecule has 1 aliphatic heterocycles. The van der Waals surface area contributed by atoms with Gasteiger partial charge in [-0.15, -0.1) is 0 Å². The van der Waals surface area contributed by atoms with E-state index in [-0.39, 0.29) is 11.6 Å². The predicted molar refractivity (Wildman–Crippen MR) is 79.6 cm³/mol. The van der Waals surface area contributed by atoms with E-state index in [0.717, 1.165) is 19.4 Å². The fraction of sp³-hybridized carbons (Fsp3) is 0.933. The SMILES string of the molecule is CC(C)(C)OC(=O)N1CCCC(CN)(NC2CCC2)C1. The van der Waals surface area contributed by atoms with Crippen LogP contribution in [0.5, 0.6) is 0 Å². The van der Waals surface area contributed by atoms with Crippen LogP contribution in [0.3, 0.4) is 0 Å². The summed E-state index contributed by atoms with van der Waals surface area (Å²) in [4.78, 5) is 14.0. The molecule has 2 rings (SSSR count). The molecule has 1 atom stereocenters. The monoisotopic (exact) mass is 283 g/mol. The summed E-state index contributed by atoms with van der Waals surface area (Å²) < 4.78 is 5.48. The van der Waals surface area contributed by atoms with Crippen LogP contribution in [-0.2, 0) is 4.74 Å².